The summed E-state index contributed by atoms with van der Waals surface area (Å²) in [5.41, 5.74) is 5.23. The molecular formula is C12H9FN4O3. The van der Waals surface area contributed by atoms with Crippen LogP contribution in [0.2, 0.25) is 0 Å². The second-order valence-corrected chi connectivity index (χ2v) is 3.85. The van der Waals surface area contributed by atoms with Crippen LogP contribution in [0.15, 0.2) is 36.5 Å². The number of nitrogens with one attached hydrogen (secondary N) is 1. The molecule has 2 aromatic rings. The number of aromatic nitrogens is 1. The molecular weight excluding hydrogens is 267 g/mol. The lowest BCUT2D eigenvalue weighted by Crippen LogP contribution is -2.13. The van der Waals surface area contributed by atoms with Gasteiger partial charge in [0.1, 0.15) is 17.3 Å². The summed E-state index contributed by atoms with van der Waals surface area (Å²) >= 11 is 0. The summed E-state index contributed by atoms with van der Waals surface area (Å²) in [6.07, 6.45) is 0.958. The zero-order valence-electron chi connectivity index (χ0n) is 10.0. The Hall–Kier alpha value is -3.03. The number of pyridine rings is 1. The van der Waals surface area contributed by atoms with E-state index in [4.69, 9.17) is 5.73 Å². The van der Waals surface area contributed by atoms with Crippen LogP contribution >= 0.6 is 0 Å². The van der Waals surface area contributed by atoms with Crippen LogP contribution in [0.3, 0.4) is 0 Å². The van der Waals surface area contributed by atoms with Gasteiger partial charge in [-0.1, -0.05) is 0 Å². The molecule has 0 bridgehead atoms. The van der Waals surface area contributed by atoms with Crippen molar-refractivity contribution in [2.24, 2.45) is 0 Å². The topological polar surface area (TPSA) is 111 Å². The summed E-state index contributed by atoms with van der Waals surface area (Å²) in [7, 11) is 0. The molecule has 2 rings (SSSR count). The number of hydrogen-bond acceptors (Lipinski definition) is 5. The van der Waals surface area contributed by atoms with E-state index in [1.54, 1.807) is 0 Å². The first-order valence-electron chi connectivity index (χ1n) is 5.44. The van der Waals surface area contributed by atoms with Crippen LogP contribution in [0.25, 0.3) is 0 Å². The number of benzene rings is 1. The minimum absolute atomic E-state index is 0.116. The fourth-order valence-corrected chi connectivity index (χ4v) is 1.50. The summed E-state index contributed by atoms with van der Waals surface area (Å²) in [6.45, 7) is 0. The van der Waals surface area contributed by atoms with E-state index in [1.807, 2.05) is 0 Å². The van der Waals surface area contributed by atoms with E-state index < -0.39 is 16.6 Å². The molecule has 0 aliphatic rings. The Balaban J connectivity index is 2.19. The Morgan fingerprint density at radius 2 is 2.10 bits per heavy atom. The predicted octanol–water partition coefficient (Wildman–Crippen LogP) is 1.96. The number of amides is 1. The van der Waals surface area contributed by atoms with Crippen molar-refractivity contribution in [1.82, 2.24) is 4.98 Å². The van der Waals surface area contributed by atoms with E-state index in [1.165, 1.54) is 18.2 Å². The van der Waals surface area contributed by atoms with Crippen molar-refractivity contribution in [2.45, 2.75) is 0 Å². The standard InChI is InChI=1S/C12H9FN4O3/c13-8-2-4-11(15-6-8)16-12(18)7-1-3-10(17(19)20)9(14)5-7/h1-6H,14H2,(H,15,16,18). The molecule has 0 atom stereocenters. The minimum Gasteiger partial charge on any atom is -0.393 e. The Kier molecular flexibility index (Phi) is 3.56. The Morgan fingerprint density at radius 3 is 2.65 bits per heavy atom. The number of nitrogens with two attached hydrogens (primary N) is 1. The molecule has 0 saturated carbocycles. The first kappa shape index (κ1) is 13.4. The first-order valence-corrected chi connectivity index (χ1v) is 5.44. The summed E-state index contributed by atoms with van der Waals surface area (Å²) < 4.78 is 12.7. The van der Waals surface area contributed by atoms with E-state index in [-0.39, 0.29) is 22.8 Å². The number of anilines is 2. The molecule has 1 aromatic heterocycles. The third-order valence-corrected chi connectivity index (χ3v) is 2.46. The Morgan fingerprint density at radius 1 is 1.35 bits per heavy atom. The van der Waals surface area contributed by atoms with Crippen LogP contribution in [0, 0.1) is 15.9 Å². The number of nitrogens with zero attached hydrogens (tertiary/aromatic N) is 2. The average molecular weight is 276 g/mol. The number of rotatable bonds is 3. The third kappa shape index (κ3) is 2.86. The van der Waals surface area contributed by atoms with Gasteiger partial charge in [0, 0.05) is 11.6 Å². The summed E-state index contributed by atoms with van der Waals surface area (Å²) in [4.78, 5) is 25.5. The van der Waals surface area contributed by atoms with Crippen molar-refractivity contribution in [1.29, 1.82) is 0 Å². The van der Waals surface area contributed by atoms with Gasteiger partial charge in [-0.25, -0.2) is 9.37 Å². The van der Waals surface area contributed by atoms with Gasteiger partial charge in [-0.3, -0.25) is 14.9 Å². The van der Waals surface area contributed by atoms with Gasteiger partial charge in [0.2, 0.25) is 0 Å². The number of nitro groups is 1. The second-order valence-electron chi connectivity index (χ2n) is 3.85. The van der Waals surface area contributed by atoms with Gasteiger partial charge in [-0.15, -0.1) is 0 Å². The fraction of sp³-hybridized carbons (Fsp3) is 0. The normalized spacial score (nSPS) is 10.1. The van der Waals surface area contributed by atoms with Crippen molar-refractivity contribution >= 4 is 23.1 Å². The molecule has 0 saturated heterocycles. The number of nitrogen functional groups attached to an aromatic ring is 1. The van der Waals surface area contributed by atoms with Gasteiger partial charge >= 0.3 is 0 Å². The minimum atomic E-state index is -0.640. The largest absolute Gasteiger partial charge is 0.393 e. The van der Waals surface area contributed by atoms with E-state index >= 15 is 0 Å². The van der Waals surface area contributed by atoms with Gasteiger partial charge < -0.3 is 11.1 Å². The summed E-state index contributed by atoms with van der Waals surface area (Å²) in [5, 5.41) is 13.0. The number of carbonyl (C=O) groups excluding carboxylic acids is 1. The SMILES string of the molecule is Nc1cc(C(=O)Nc2ccc(F)cn2)ccc1[N+](=O)[O-]. The van der Waals surface area contributed by atoms with Gasteiger partial charge in [0.15, 0.2) is 0 Å². The predicted molar refractivity (Wildman–Crippen MR) is 69.7 cm³/mol. The molecule has 0 aliphatic carbocycles. The number of nitro benzene ring substituents is 1. The van der Waals surface area contributed by atoms with Crippen molar-refractivity contribution in [3.05, 3.63) is 58.0 Å². The first-order chi connectivity index (χ1) is 9.47. The monoisotopic (exact) mass is 276 g/mol. The maximum atomic E-state index is 12.7. The van der Waals surface area contributed by atoms with E-state index in [9.17, 15) is 19.3 Å². The molecule has 3 N–H and O–H groups in total. The van der Waals surface area contributed by atoms with Crippen LogP contribution in [-0.4, -0.2) is 15.8 Å². The van der Waals surface area contributed by atoms with E-state index in [0.29, 0.717) is 0 Å². The van der Waals surface area contributed by atoms with Gasteiger partial charge in [0.25, 0.3) is 11.6 Å². The van der Waals surface area contributed by atoms with Crippen molar-refractivity contribution in [2.75, 3.05) is 11.1 Å². The molecule has 20 heavy (non-hydrogen) atoms. The third-order valence-electron chi connectivity index (χ3n) is 2.46. The molecule has 8 heteroatoms. The highest BCUT2D eigenvalue weighted by molar-refractivity contribution is 6.04. The van der Waals surface area contributed by atoms with Gasteiger partial charge in [-0.2, -0.15) is 0 Å². The number of carbonyl (C=O) groups is 1. The maximum Gasteiger partial charge on any atom is 0.292 e. The van der Waals surface area contributed by atoms with Crippen molar-refractivity contribution in [3.8, 4) is 0 Å². The molecule has 0 spiro atoms. The molecule has 7 nitrogen and oxygen atoms in total. The lowest BCUT2D eigenvalue weighted by Gasteiger charge is -2.05. The van der Waals surface area contributed by atoms with Crippen LogP contribution in [0.4, 0.5) is 21.6 Å². The van der Waals surface area contributed by atoms with Gasteiger partial charge in [-0.05, 0) is 24.3 Å². The lowest BCUT2D eigenvalue weighted by molar-refractivity contribution is -0.383. The molecule has 0 fully saturated rings. The molecule has 1 aromatic carbocycles. The van der Waals surface area contributed by atoms with Crippen molar-refractivity contribution in [3.63, 3.8) is 0 Å². The quantitative estimate of drug-likeness (QED) is 0.505. The maximum absolute atomic E-state index is 12.7. The smallest absolute Gasteiger partial charge is 0.292 e. The zero-order chi connectivity index (χ0) is 14.7. The Bertz CT molecular complexity index is 673. The van der Waals surface area contributed by atoms with Gasteiger partial charge in [0.05, 0.1) is 11.1 Å². The highest BCUT2D eigenvalue weighted by Crippen LogP contribution is 2.22. The van der Waals surface area contributed by atoms with Crippen LogP contribution in [-0.2, 0) is 0 Å². The number of hydrogen-bond donors (Lipinski definition) is 2. The second kappa shape index (κ2) is 5.31. The summed E-state index contributed by atoms with van der Waals surface area (Å²) in [5.74, 6) is -0.915. The zero-order valence-corrected chi connectivity index (χ0v) is 10.0. The molecule has 1 heterocycles. The highest BCUT2D eigenvalue weighted by Gasteiger charge is 2.14. The average Bonchev–Trinajstić information content (AvgIpc) is 2.40. The fourth-order valence-electron chi connectivity index (χ4n) is 1.50. The summed E-state index contributed by atoms with van der Waals surface area (Å²) in [6, 6.07) is 6.04. The molecule has 102 valence electrons. The number of halogens is 1. The van der Waals surface area contributed by atoms with E-state index in [0.717, 1.165) is 18.3 Å². The Labute approximate surface area is 112 Å². The van der Waals surface area contributed by atoms with Crippen LogP contribution < -0.4 is 11.1 Å². The van der Waals surface area contributed by atoms with Crippen LogP contribution in [0.5, 0.6) is 0 Å². The highest BCUT2D eigenvalue weighted by atomic mass is 19.1. The molecule has 0 aliphatic heterocycles. The molecule has 1 amide bonds. The van der Waals surface area contributed by atoms with Crippen molar-refractivity contribution < 1.29 is 14.1 Å². The lowest BCUT2D eigenvalue weighted by atomic mass is 10.1. The molecule has 0 unspecified atom stereocenters. The molecule has 0 radical (unpaired) electrons. The van der Waals surface area contributed by atoms with Crippen LogP contribution in [0.1, 0.15) is 10.4 Å². The van der Waals surface area contributed by atoms with E-state index in [2.05, 4.69) is 10.3 Å².